The predicted octanol–water partition coefficient (Wildman–Crippen LogP) is 2.08. The van der Waals surface area contributed by atoms with Crippen LogP contribution < -0.4 is 3.96 Å². The largest absolute Gasteiger partial charge is 0.184 e. The normalized spacial score (nSPS) is 11.9. The third-order valence-corrected chi connectivity index (χ3v) is 1.96. The lowest BCUT2D eigenvalue weighted by Crippen LogP contribution is -2.35. The van der Waals surface area contributed by atoms with Gasteiger partial charge in [0.1, 0.15) is 11.5 Å². The van der Waals surface area contributed by atoms with Crippen molar-refractivity contribution in [2.75, 3.05) is 0 Å². The van der Waals surface area contributed by atoms with Gasteiger partial charge in [-0.05, 0) is 0 Å². The van der Waals surface area contributed by atoms with E-state index in [0.717, 1.165) is 6.54 Å². The Morgan fingerprint density at radius 3 is 2.50 bits per heavy atom. The molecule has 0 saturated carbocycles. The van der Waals surface area contributed by atoms with E-state index in [4.69, 9.17) is 0 Å². The van der Waals surface area contributed by atoms with E-state index in [1.165, 1.54) is 0 Å². The van der Waals surface area contributed by atoms with Crippen molar-refractivity contribution in [2.24, 2.45) is 5.41 Å². The van der Waals surface area contributed by atoms with Crippen LogP contribution in [0.5, 0.6) is 0 Å². The maximum Gasteiger partial charge on any atom is 0.184 e. The minimum Gasteiger partial charge on any atom is -0.141 e. The summed E-state index contributed by atoms with van der Waals surface area (Å²) in [5.74, 6) is 0. The van der Waals surface area contributed by atoms with Crippen LogP contribution in [0.1, 0.15) is 20.8 Å². The van der Waals surface area contributed by atoms with Crippen molar-refractivity contribution in [3.8, 4) is 0 Å². The highest BCUT2D eigenvalue weighted by atomic mass is 32.1. The highest BCUT2D eigenvalue weighted by Gasteiger charge is 2.16. The van der Waals surface area contributed by atoms with Crippen molar-refractivity contribution in [1.82, 2.24) is 0 Å². The molecule has 0 unspecified atom stereocenters. The molecule has 2 heteroatoms. The summed E-state index contributed by atoms with van der Waals surface area (Å²) in [7, 11) is 0. The number of rotatable bonds is 1. The van der Waals surface area contributed by atoms with Gasteiger partial charge in [-0.3, -0.25) is 0 Å². The number of nitrogens with zero attached hydrogens (tertiary/aromatic N) is 1. The quantitative estimate of drug-likeness (QED) is 0.548. The molecule has 0 aliphatic rings. The van der Waals surface area contributed by atoms with Crippen molar-refractivity contribution in [1.29, 1.82) is 0 Å². The van der Waals surface area contributed by atoms with Gasteiger partial charge in [-0.2, -0.15) is 0 Å². The predicted molar refractivity (Wildman–Crippen MR) is 44.0 cm³/mol. The zero-order chi connectivity index (χ0) is 7.61. The highest BCUT2D eigenvalue weighted by molar-refractivity contribution is 6.99. The first-order valence-corrected chi connectivity index (χ1v) is 4.35. The monoisotopic (exact) mass is 156 g/mol. The summed E-state index contributed by atoms with van der Waals surface area (Å²) < 4.78 is 2.25. The van der Waals surface area contributed by atoms with Crippen LogP contribution in [-0.4, -0.2) is 0 Å². The van der Waals surface area contributed by atoms with E-state index >= 15 is 0 Å². The Balaban J connectivity index is 2.57. The lowest BCUT2D eigenvalue weighted by molar-refractivity contribution is -0.642. The highest BCUT2D eigenvalue weighted by Crippen LogP contribution is 2.12. The molecule has 1 aromatic rings. The molecule has 1 aromatic heterocycles. The molecule has 0 aliphatic heterocycles. The molecular formula is C8H14NS+. The summed E-state index contributed by atoms with van der Waals surface area (Å²) in [6.45, 7) is 7.86. The second-order valence-electron chi connectivity index (χ2n) is 3.72. The average molecular weight is 156 g/mol. The fourth-order valence-electron chi connectivity index (χ4n) is 0.837. The fourth-order valence-corrected chi connectivity index (χ4v) is 1.74. The van der Waals surface area contributed by atoms with Crippen molar-refractivity contribution in [3.63, 3.8) is 0 Å². The SMILES string of the molecule is CC(C)(C)C[n+]1cccs1. The van der Waals surface area contributed by atoms with Gasteiger partial charge in [-0.1, -0.05) is 20.8 Å². The molecule has 0 aliphatic carbocycles. The first-order chi connectivity index (χ1) is 4.58. The van der Waals surface area contributed by atoms with E-state index in [-0.39, 0.29) is 0 Å². The molecule has 0 atom stereocenters. The van der Waals surface area contributed by atoms with Gasteiger partial charge in [0.05, 0.1) is 5.38 Å². The van der Waals surface area contributed by atoms with Crippen LogP contribution in [0.3, 0.4) is 0 Å². The van der Waals surface area contributed by atoms with Gasteiger partial charge >= 0.3 is 0 Å². The lowest BCUT2D eigenvalue weighted by atomic mass is 9.97. The van der Waals surface area contributed by atoms with Crippen LogP contribution in [0.15, 0.2) is 17.6 Å². The minimum atomic E-state index is 0.398. The molecule has 1 nitrogen and oxygen atoms in total. The zero-order valence-corrected chi connectivity index (χ0v) is 7.61. The Kier molecular flexibility index (Phi) is 2.09. The Morgan fingerprint density at radius 1 is 1.40 bits per heavy atom. The number of hydrogen-bond donors (Lipinski definition) is 0. The van der Waals surface area contributed by atoms with Gasteiger partial charge in [0.25, 0.3) is 0 Å². The summed E-state index contributed by atoms with van der Waals surface area (Å²) in [6.07, 6.45) is 2.12. The summed E-state index contributed by atoms with van der Waals surface area (Å²) in [6, 6.07) is 2.08. The molecule has 1 rings (SSSR count). The van der Waals surface area contributed by atoms with Gasteiger partial charge in [-0.15, -0.1) is 3.96 Å². The van der Waals surface area contributed by atoms with Gasteiger partial charge < -0.3 is 0 Å². The Labute approximate surface area is 66.5 Å². The van der Waals surface area contributed by atoms with Gasteiger partial charge in [-0.25, -0.2) is 0 Å². The summed E-state index contributed by atoms with van der Waals surface area (Å²) in [4.78, 5) is 0. The third kappa shape index (κ3) is 2.48. The molecule has 0 N–H and O–H groups in total. The van der Waals surface area contributed by atoms with Crippen molar-refractivity contribution in [3.05, 3.63) is 17.6 Å². The number of hydrogen-bond acceptors (Lipinski definition) is 1. The average Bonchev–Trinajstić information content (AvgIpc) is 2.12. The molecule has 0 spiro atoms. The second kappa shape index (κ2) is 2.70. The molecule has 0 amide bonds. The molecule has 0 bridgehead atoms. The lowest BCUT2D eigenvalue weighted by Gasteiger charge is -2.10. The molecule has 1 heterocycles. The van der Waals surface area contributed by atoms with Crippen LogP contribution in [0.2, 0.25) is 0 Å². The molecular weight excluding hydrogens is 142 g/mol. The van der Waals surface area contributed by atoms with E-state index < -0.39 is 0 Å². The molecule has 0 aromatic carbocycles. The maximum absolute atomic E-state index is 2.25. The summed E-state index contributed by atoms with van der Waals surface area (Å²) in [5.41, 5.74) is 0.398. The number of aromatic nitrogens is 1. The van der Waals surface area contributed by atoms with Crippen LogP contribution >= 0.6 is 11.5 Å². The molecule has 0 radical (unpaired) electrons. The molecule has 10 heavy (non-hydrogen) atoms. The fraction of sp³-hybridized carbons (Fsp3) is 0.625. The molecule has 0 fully saturated rings. The van der Waals surface area contributed by atoms with E-state index in [0.29, 0.717) is 5.41 Å². The van der Waals surface area contributed by atoms with E-state index in [9.17, 15) is 0 Å². The third-order valence-electron chi connectivity index (χ3n) is 1.16. The van der Waals surface area contributed by atoms with Crippen molar-refractivity contribution >= 4 is 11.5 Å². The van der Waals surface area contributed by atoms with Crippen molar-refractivity contribution in [2.45, 2.75) is 27.3 Å². The van der Waals surface area contributed by atoms with Crippen LogP contribution in [0, 0.1) is 5.41 Å². The van der Waals surface area contributed by atoms with E-state index in [1.54, 1.807) is 11.5 Å². The Morgan fingerprint density at radius 2 is 2.10 bits per heavy atom. The smallest absolute Gasteiger partial charge is 0.141 e. The summed E-state index contributed by atoms with van der Waals surface area (Å²) in [5, 5.41) is 2.10. The first-order valence-electron chi connectivity index (χ1n) is 3.51. The summed E-state index contributed by atoms with van der Waals surface area (Å²) >= 11 is 1.77. The standard InChI is InChI=1S/C8H14NS/c1-8(2,3)7-9-5-4-6-10-9/h4-6H,7H2,1-3H3/q+1. The van der Waals surface area contributed by atoms with Crippen molar-refractivity contribution < 1.29 is 3.96 Å². The van der Waals surface area contributed by atoms with Crippen LogP contribution in [0.25, 0.3) is 0 Å². The second-order valence-corrected chi connectivity index (χ2v) is 4.67. The molecule has 56 valence electrons. The van der Waals surface area contributed by atoms with Crippen LogP contribution in [-0.2, 0) is 6.54 Å². The van der Waals surface area contributed by atoms with Crippen LogP contribution in [0.4, 0.5) is 0 Å². The maximum atomic E-state index is 2.25. The Bertz CT molecular complexity index is 184. The zero-order valence-electron chi connectivity index (χ0n) is 6.79. The topological polar surface area (TPSA) is 3.88 Å². The van der Waals surface area contributed by atoms with E-state index in [1.807, 2.05) is 0 Å². The van der Waals surface area contributed by atoms with Gasteiger partial charge in [0, 0.05) is 11.5 Å². The molecule has 0 saturated heterocycles. The first kappa shape index (κ1) is 7.73. The van der Waals surface area contributed by atoms with E-state index in [2.05, 4.69) is 42.4 Å². The van der Waals surface area contributed by atoms with Gasteiger partial charge in [0.15, 0.2) is 12.7 Å². The Hall–Kier alpha value is -0.370. The van der Waals surface area contributed by atoms with Gasteiger partial charge in [0.2, 0.25) is 0 Å². The minimum absolute atomic E-state index is 0.398.